The van der Waals surface area contributed by atoms with E-state index in [4.69, 9.17) is 5.73 Å². The van der Waals surface area contributed by atoms with E-state index < -0.39 is 6.10 Å². The zero-order chi connectivity index (χ0) is 11.4. The number of amides is 1. The van der Waals surface area contributed by atoms with Gasteiger partial charge in [-0.15, -0.1) is 0 Å². The monoisotopic (exact) mass is 229 g/mol. The highest BCUT2D eigenvalue weighted by molar-refractivity contribution is 7.17. The number of nitrogens with two attached hydrogens (primary N) is 1. The Morgan fingerprint density at radius 1 is 1.73 bits per heavy atom. The molecular formula is C9H15N3O2S. The van der Waals surface area contributed by atoms with Gasteiger partial charge in [-0.3, -0.25) is 4.79 Å². The Morgan fingerprint density at radius 3 is 2.87 bits per heavy atom. The highest BCUT2D eigenvalue weighted by Gasteiger charge is 2.14. The number of nitrogens with one attached hydrogen (secondary N) is 1. The summed E-state index contributed by atoms with van der Waals surface area (Å²) in [5, 5.41) is 12.3. The molecule has 1 heterocycles. The van der Waals surface area contributed by atoms with E-state index in [0.717, 1.165) is 11.3 Å². The molecule has 0 aliphatic heterocycles. The van der Waals surface area contributed by atoms with E-state index in [-0.39, 0.29) is 12.5 Å². The molecule has 0 aliphatic rings. The SMILES string of the molecule is CCC(O)CNC(=O)c1sc(N)nc1C. The second-order valence-corrected chi connectivity index (χ2v) is 4.27. The number of carbonyl (C=O) groups is 1. The quantitative estimate of drug-likeness (QED) is 0.703. The highest BCUT2D eigenvalue weighted by Crippen LogP contribution is 2.19. The minimum absolute atomic E-state index is 0.228. The van der Waals surface area contributed by atoms with Crippen molar-refractivity contribution in [3.8, 4) is 0 Å². The maximum absolute atomic E-state index is 11.6. The van der Waals surface area contributed by atoms with Crippen molar-refractivity contribution in [2.24, 2.45) is 0 Å². The van der Waals surface area contributed by atoms with Gasteiger partial charge in [-0.2, -0.15) is 0 Å². The molecule has 84 valence electrons. The average Bonchev–Trinajstić information content (AvgIpc) is 2.53. The molecule has 1 aromatic heterocycles. The van der Waals surface area contributed by atoms with Crippen LogP contribution in [0.5, 0.6) is 0 Å². The van der Waals surface area contributed by atoms with Crippen molar-refractivity contribution in [1.29, 1.82) is 0 Å². The van der Waals surface area contributed by atoms with Gasteiger partial charge in [0.1, 0.15) is 4.88 Å². The first-order valence-corrected chi connectivity index (χ1v) is 5.55. The number of carbonyl (C=O) groups excluding carboxylic acids is 1. The predicted octanol–water partition coefficient (Wildman–Crippen LogP) is 0.534. The molecular weight excluding hydrogens is 214 g/mol. The molecule has 6 heteroatoms. The zero-order valence-corrected chi connectivity index (χ0v) is 9.60. The van der Waals surface area contributed by atoms with Gasteiger partial charge in [-0.25, -0.2) is 4.98 Å². The first-order chi connectivity index (χ1) is 7.04. The topological polar surface area (TPSA) is 88.2 Å². The first kappa shape index (κ1) is 11.9. The van der Waals surface area contributed by atoms with Crippen molar-refractivity contribution in [2.75, 3.05) is 12.3 Å². The van der Waals surface area contributed by atoms with Gasteiger partial charge in [-0.05, 0) is 13.3 Å². The van der Waals surface area contributed by atoms with Crippen molar-refractivity contribution < 1.29 is 9.90 Å². The van der Waals surface area contributed by atoms with E-state index in [9.17, 15) is 9.90 Å². The molecule has 1 atom stereocenters. The van der Waals surface area contributed by atoms with Gasteiger partial charge in [0.2, 0.25) is 0 Å². The summed E-state index contributed by atoms with van der Waals surface area (Å²) >= 11 is 1.15. The second-order valence-electron chi connectivity index (χ2n) is 3.24. The average molecular weight is 229 g/mol. The minimum atomic E-state index is -0.500. The van der Waals surface area contributed by atoms with Gasteiger partial charge in [0, 0.05) is 6.54 Å². The molecule has 0 aromatic carbocycles. The molecule has 15 heavy (non-hydrogen) atoms. The van der Waals surface area contributed by atoms with Crippen LogP contribution < -0.4 is 11.1 Å². The lowest BCUT2D eigenvalue weighted by Gasteiger charge is -2.08. The van der Waals surface area contributed by atoms with Crippen LogP contribution in [0, 0.1) is 6.92 Å². The van der Waals surface area contributed by atoms with Crippen molar-refractivity contribution in [3.05, 3.63) is 10.6 Å². The van der Waals surface area contributed by atoms with Gasteiger partial charge in [0.05, 0.1) is 11.8 Å². The summed E-state index contributed by atoms with van der Waals surface area (Å²) in [6.07, 6.45) is 0.115. The number of nitrogen functional groups attached to an aromatic ring is 1. The molecule has 5 nitrogen and oxygen atoms in total. The molecule has 1 amide bonds. The third kappa shape index (κ3) is 3.17. The number of hydrogen-bond donors (Lipinski definition) is 3. The number of aryl methyl sites for hydroxylation is 1. The van der Waals surface area contributed by atoms with Crippen LogP contribution in [-0.4, -0.2) is 28.6 Å². The number of anilines is 1. The Kier molecular flexibility index (Phi) is 4.05. The predicted molar refractivity (Wildman–Crippen MR) is 59.9 cm³/mol. The van der Waals surface area contributed by atoms with Crippen molar-refractivity contribution in [1.82, 2.24) is 10.3 Å². The molecule has 1 rings (SSSR count). The molecule has 1 unspecified atom stereocenters. The summed E-state index contributed by atoms with van der Waals surface area (Å²) in [6, 6.07) is 0. The summed E-state index contributed by atoms with van der Waals surface area (Å²) in [4.78, 5) is 16.1. The zero-order valence-electron chi connectivity index (χ0n) is 8.78. The van der Waals surface area contributed by atoms with Gasteiger partial charge in [0.25, 0.3) is 5.91 Å². The summed E-state index contributed by atoms with van der Waals surface area (Å²) in [5.74, 6) is -0.228. The van der Waals surface area contributed by atoms with Crippen molar-refractivity contribution in [3.63, 3.8) is 0 Å². The third-order valence-electron chi connectivity index (χ3n) is 1.99. The van der Waals surface area contributed by atoms with Crippen LogP contribution in [0.1, 0.15) is 28.7 Å². The number of aliphatic hydroxyl groups is 1. The molecule has 0 saturated carbocycles. The Morgan fingerprint density at radius 2 is 2.40 bits per heavy atom. The normalized spacial score (nSPS) is 12.5. The maximum Gasteiger partial charge on any atom is 0.263 e. The van der Waals surface area contributed by atoms with Gasteiger partial charge < -0.3 is 16.2 Å². The van der Waals surface area contributed by atoms with Crippen LogP contribution >= 0.6 is 11.3 Å². The van der Waals surface area contributed by atoms with Gasteiger partial charge >= 0.3 is 0 Å². The van der Waals surface area contributed by atoms with E-state index in [1.165, 1.54) is 0 Å². The molecule has 0 aliphatic carbocycles. The fraction of sp³-hybridized carbons (Fsp3) is 0.556. The summed E-state index contributed by atoms with van der Waals surface area (Å²) < 4.78 is 0. The molecule has 0 bridgehead atoms. The standard InChI is InChI=1S/C9H15N3O2S/c1-3-6(13)4-11-8(14)7-5(2)12-9(10)15-7/h6,13H,3-4H2,1-2H3,(H2,10,12)(H,11,14). The molecule has 0 fully saturated rings. The number of nitrogens with zero attached hydrogens (tertiary/aromatic N) is 1. The lowest BCUT2D eigenvalue weighted by atomic mass is 10.3. The lowest BCUT2D eigenvalue weighted by Crippen LogP contribution is -2.31. The summed E-state index contributed by atoms with van der Waals surface area (Å²) in [5.41, 5.74) is 6.10. The smallest absolute Gasteiger partial charge is 0.263 e. The number of thiazole rings is 1. The first-order valence-electron chi connectivity index (χ1n) is 4.73. The van der Waals surface area contributed by atoms with Crippen LogP contribution in [0.2, 0.25) is 0 Å². The highest BCUT2D eigenvalue weighted by atomic mass is 32.1. The van der Waals surface area contributed by atoms with Crippen molar-refractivity contribution >= 4 is 22.4 Å². The fourth-order valence-electron chi connectivity index (χ4n) is 1.06. The van der Waals surface area contributed by atoms with Crippen LogP contribution in [0.3, 0.4) is 0 Å². The minimum Gasteiger partial charge on any atom is -0.391 e. The summed E-state index contributed by atoms with van der Waals surface area (Å²) in [7, 11) is 0. The van der Waals surface area contributed by atoms with Gasteiger partial charge in [-0.1, -0.05) is 18.3 Å². The molecule has 0 saturated heterocycles. The number of hydrogen-bond acceptors (Lipinski definition) is 5. The van der Waals surface area contributed by atoms with E-state index in [2.05, 4.69) is 10.3 Å². The van der Waals surface area contributed by atoms with Gasteiger partial charge in [0.15, 0.2) is 5.13 Å². The third-order valence-corrected chi connectivity index (χ3v) is 2.97. The second kappa shape index (κ2) is 5.09. The Labute approximate surface area is 92.3 Å². The summed E-state index contributed by atoms with van der Waals surface area (Å²) in [6.45, 7) is 3.84. The van der Waals surface area contributed by atoms with Crippen LogP contribution in [0.4, 0.5) is 5.13 Å². The molecule has 1 aromatic rings. The maximum atomic E-state index is 11.6. The number of aliphatic hydroxyl groups excluding tert-OH is 1. The Bertz CT molecular complexity index is 351. The number of aromatic nitrogens is 1. The van der Waals surface area contributed by atoms with E-state index in [1.807, 2.05) is 6.92 Å². The van der Waals surface area contributed by atoms with Crippen molar-refractivity contribution in [2.45, 2.75) is 26.4 Å². The number of rotatable bonds is 4. The van der Waals surface area contributed by atoms with E-state index in [1.54, 1.807) is 6.92 Å². The van der Waals surface area contributed by atoms with Crippen LogP contribution in [0.25, 0.3) is 0 Å². The molecule has 4 N–H and O–H groups in total. The lowest BCUT2D eigenvalue weighted by molar-refractivity contribution is 0.0917. The molecule has 0 spiro atoms. The largest absolute Gasteiger partial charge is 0.391 e. The van der Waals surface area contributed by atoms with E-state index >= 15 is 0 Å². The molecule has 0 radical (unpaired) electrons. The Hall–Kier alpha value is -1.14. The van der Waals surface area contributed by atoms with Crippen LogP contribution in [-0.2, 0) is 0 Å². The fourth-order valence-corrected chi connectivity index (χ4v) is 1.81. The van der Waals surface area contributed by atoms with E-state index in [0.29, 0.717) is 22.1 Å². The Balaban J connectivity index is 2.58. The van der Waals surface area contributed by atoms with Crippen LogP contribution in [0.15, 0.2) is 0 Å².